The van der Waals surface area contributed by atoms with Crippen molar-refractivity contribution in [3.63, 3.8) is 0 Å². The molecule has 17 heavy (non-hydrogen) atoms. The SMILES string of the molecule is CC1C[C@H]2CC3C[C@H](C[C@@H](C1)[C@]3(C)O)[C@]2(C)O. The van der Waals surface area contributed by atoms with Crippen molar-refractivity contribution in [3.8, 4) is 0 Å². The Morgan fingerprint density at radius 1 is 0.706 bits per heavy atom. The molecule has 0 aromatic heterocycles. The number of hydrogen-bond donors (Lipinski definition) is 2. The minimum atomic E-state index is -0.486. The summed E-state index contributed by atoms with van der Waals surface area (Å²) < 4.78 is 0. The summed E-state index contributed by atoms with van der Waals surface area (Å²) in [5, 5.41) is 21.6. The van der Waals surface area contributed by atoms with E-state index in [0.717, 1.165) is 32.1 Å². The highest BCUT2D eigenvalue weighted by Gasteiger charge is 2.57. The van der Waals surface area contributed by atoms with E-state index in [1.54, 1.807) is 0 Å². The molecule has 4 aliphatic carbocycles. The van der Waals surface area contributed by atoms with Gasteiger partial charge in [-0.25, -0.2) is 0 Å². The lowest BCUT2D eigenvalue weighted by molar-refractivity contribution is -0.204. The van der Waals surface area contributed by atoms with Crippen LogP contribution in [0.1, 0.15) is 52.9 Å². The number of rotatable bonds is 0. The van der Waals surface area contributed by atoms with Gasteiger partial charge in [0.25, 0.3) is 0 Å². The van der Waals surface area contributed by atoms with Crippen molar-refractivity contribution in [2.75, 3.05) is 0 Å². The third-order valence-electron chi connectivity index (χ3n) is 6.39. The van der Waals surface area contributed by atoms with Crippen LogP contribution < -0.4 is 0 Å². The second kappa shape index (κ2) is 3.48. The zero-order valence-corrected chi connectivity index (χ0v) is 11.3. The second-order valence-corrected chi connectivity index (χ2v) is 7.52. The molecule has 0 amide bonds. The zero-order valence-electron chi connectivity index (χ0n) is 11.3. The monoisotopic (exact) mass is 238 g/mol. The average Bonchev–Trinajstić information content (AvgIpc) is 2.21. The summed E-state index contributed by atoms with van der Waals surface area (Å²) in [6.45, 7) is 6.38. The second-order valence-electron chi connectivity index (χ2n) is 7.52. The fraction of sp³-hybridized carbons (Fsp3) is 1.00. The predicted octanol–water partition coefficient (Wildman–Crippen LogP) is 2.58. The maximum Gasteiger partial charge on any atom is 0.0676 e. The first-order valence-corrected chi connectivity index (χ1v) is 7.26. The van der Waals surface area contributed by atoms with E-state index in [-0.39, 0.29) is 0 Å². The van der Waals surface area contributed by atoms with E-state index in [9.17, 15) is 10.2 Å². The molecule has 0 aromatic rings. The number of fused-ring (bicyclic) bond motifs is 2. The summed E-state index contributed by atoms with van der Waals surface area (Å²) in [6.07, 6.45) is 5.37. The van der Waals surface area contributed by atoms with Crippen LogP contribution in [0.25, 0.3) is 0 Å². The lowest BCUT2D eigenvalue weighted by Gasteiger charge is -2.59. The molecule has 2 N–H and O–H groups in total. The molecule has 2 unspecified atom stereocenters. The van der Waals surface area contributed by atoms with E-state index in [1.807, 2.05) is 13.8 Å². The molecule has 0 aromatic carbocycles. The Hall–Kier alpha value is -0.0800. The van der Waals surface area contributed by atoms with Gasteiger partial charge in [-0.05, 0) is 75.5 Å². The Morgan fingerprint density at radius 3 is 1.35 bits per heavy atom. The first-order valence-electron chi connectivity index (χ1n) is 7.26. The third-order valence-corrected chi connectivity index (χ3v) is 6.39. The van der Waals surface area contributed by atoms with E-state index >= 15 is 0 Å². The molecule has 7 atom stereocenters. The molecule has 4 saturated carbocycles. The highest BCUT2D eigenvalue weighted by atomic mass is 16.3. The standard InChI is InChI=1S/C15H26O2/c1-9-4-10-6-13-8-12(14(10,2)16)7-11(5-9)15(13,3)17/h9-13,16-17H,4-8H2,1-3H3/t9?,10-,11+,12-,13?,14+,15-/m0/s1. The summed E-state index contributed by atoms with van der Waals surface area (Å²) in [5.74, 6) is 2.28. The van der Waals surface area contributed by atoms with Crippen LogP contribution in [0.15, 0.2) is 0 Å². The molecule has 0 heterocycles. The summed E-state index contributed by atoms with van der Waals surface area (Å²) in [5.41, 5.74) is -0.972. The van der Waals surface area contributed by atoms with E-state index in [2.05, 4.69) is 6.92 Å². The van der Waals surface area contributed by atoms with E-state index in [1.165, 1.54) is 0 Å². The Morgan fingerprint density at radius 2 is 1.00 bits per heavy atom. The van der Waals surface area contributed by atoms with Crippen molar-refractivity contribution in [1.82, 2.24) is 0 Å². The van der Waals surface area contributed by atoms with E-state index in [0.29, 0.717) is 29.6 Å². The van der Waals surface area contributed by atoms with Crippen LogP contribution in [0.5, 0.6) is 0 Å². The fourth-order valence-corrected chi connectivity index (χ4v) is 5.06. The van der Waals surface area contributed by atoms with E-state index in [4.69, 9.17) is 0 Å². The van der Waals surface area contributed by atoms with Crippen LogP contribution in [-0.2, 0) is 0 Å². The maximum absolute atomic E-state index is 10.8. The lowest BCUT2D eigenvalue weighted by atomic mass is 9.49. The van der Waals surface area contributed by atoms with Gasteiger partial charge in [0.05, 0.1) is 11.2 Å². The molecule has 4 fully saturated rings. The van der Waals surface area contributed by atoms with Crippen LogP contribution >= 0.6 is 0 Å². The summed E-state index contributed by atoms with van der Waals surface area (Å²) >= 11 is 0. The minimum absolute atomic E-state index is 0.397. The van der Waals surface area contributed by atoms with Crippen LogP contribution in [0.2, 0.25) is 0 Å². The minimum Gasteiger partial charge on any atom is -0.390 e. The molecule has 4 rings (SSSR count). The van der Waals surface area contributed by atoms with Gasteiger partial charge >= 0.3 is 0 Å². The van der Waals surface area contributed by atoms with Crippen molar-refractivity contribution in [1.29, 1.82) is 0 Å². The molecular formula is C15H26O2. The van der Waals surface area contributed by atoms with Crippen LogP contribution in [0, 0.1) is 29.6 Å². The quantitative estimate of drug-likeness (QED) is 0.681. The first kappa shape index (κ1) is 12.0. The zero-order chi connectivity index (χ0) is 12.4. The van der Waals surface area contributed by atoms with Crippen molar-refractivity contribution in [3.05, 3.63) is 0 Å². The van der Waals surface area contributed by atoms with Gasteiger partial charge < -0.3 is 10.2 Å². The fourth-order valence-electron chi connectivity index (χ4n) is 5.06. The van der Waals surface area contributed by atoms with Gasteiger partial charge in [-0.2, -0.15) is 0 Å². The Balaban J connectivity index is 2.00. The van der Waals surface area contributed by atoms with Gasteiger partial charge in [-0.15, -0.1) is 0 Å². The third kappa shape index (κ3) is 1.60. The smallest absolute Gasteiger partial charge is 0.0676 e. The van der Waals surface area contributed by atoms with Crippen LogP contribution in [0.4, 0.5) is 0 Å². The normalized spacial score (nSPS) is 62.3. The molecule has 2 heteroatoms. The topological polar surface area (TPSA) is 40.5 Å². The highest BCUT2D eigenvalue weighted by molar-refractivity contribution is 5.08. The number of hydrogen-bond acceptors (Lipinski definition) is 2. The summed E-state index contributed by atoms with van der Waals surface area (Å²) in [4.78, 5) is 0. The van der Waals surface area contributed by atoms with Gasteiger partial charge in [0, 0.05) is 0 Å². The van der Waals surface area contributed by atoms with Crippen molar-refractivity contribution >= 4 is 0 Å². The van der Waals surface area contributed by atoms with Gasteiger partial charge in [0.1, 0.15) is 0 Å². The van der Waals surface area contributed by atoms with Crippen LogP contribution in [0.3, 0.4) is 0 Å². The molecular weight excluding hydrogens is 212 g/mol. The maximum atomic E-state index is 10.8. The molecule has 0 aliphatic heterocycles. The molecule has 98 valence electrons. The van der Waals surface area contributed by atoms with E-state index < -0.39 is 11.2 Å². The molecule has 2 nitrogen and oxygen atoms in total. The molecule has 0 radical (unpaired) electrons. The van der Waals surface area contributed by atoms with Crippen molar-refractivity contribution in [2.24, 2.45) is 29.6 Å². The Bertz CT molecular complexity index is 291. The van der Waals surface area contributed by atoms with Gasteiger partial charge in [0.2, 0.25) is 0 Å². The van der Waals surface area contributed by atoms with Crippen LogP contribution in [-0.4, -0.2) is 21.4 Å². The highest BCUT2D eigenvalue weighted by Crippen LogP contribution is 2.58. The molecule has 4 aliphatic rings. The van der Waals surface area contributed by atoms with Gasteiger partial charge in [0.15, 0.2) is 0 Å². The molecule has 0 saturated heterocycles. The molecule has 0 spiro atoms. The largest absolute Gasteiger partial charge is 0.390 e. The lowest BCUT2D eigenvalue weighted by Crippen LogP contribution is -2.61. The van der Waals surface area contributed by atoms with Crippen molar-refractivity contribution < 1.29 is 10.2 Å². The Labute approximate surface area is 104 Å². The predicted molar refractivity (Wildman–Crippen MR) is 67.5 cm³/mol. The Kier molecular flexibility index (Phi) is 2.45. The summed E-state index contributed by atoms with van der Waals surface area (Å²) in [7, 11) is 0. The van der Waals surface area contributed by atoms with Crippen molar-refractivity contribution in [2.45, 2.75) is 64.1 Å². The van der Waals surface area contributed by atoms with Gasteiger partial charge in [-0.1, -0.05) is 6.92 Å². The van der Waals surface area contributed by atoms with Gasteiger partial charge in [-0.3, -0.25) is 0 Å². The molecule has 4 bridgehead atoms. The average molecular weight is 238 g/mol. The first-order chi connectivity index (χ1) is 7.81. The number of aliphatic hydroxyl groups is 2. The summed E-state index contributed by atoms with van der Waals surface area (Å²) in [6, 6.07) is 0.